The minimum absolute atomic E-state index is 0.00410. The van der Waals surface area contributed by atoms with Gasteiger partial charge in [-0.25, -0.2) is 67.2 Å². The van der Waals surface area contributed by atoms with Crippen LogP contribution >= 0.6 is 0 Å². The zero-order valence-electron chi connectivity index (χ0n) is 81.2. The number of unbranched alkanes of at least 4 members (excludes halogenated alkanes) is 3. The number of nitrogens with one attached hydrogen (secondary N) is 6. The molecule has 0 radical (unpaired) electrons. The minimum Gasteiger partial charge on any atom is -0.481 e. The molecule has 12 fully saturated rings. The van der Waals surface area contributed by atoms with Crippen LogP contribution in [0.5, 0.6) is 0 Å². The molecule has 8 aliphatic carbocycles. The van der Waals surface area contributed by atoms with Gasteiger partial charge in [0, 0.05) is 77.6 Å². The number of halogens is 5. The Bertz CT molecular complexity index is 5100. The molecule has 141 heavy (non-hydrogen) atoms. The van der Waals surface area contributed by atoms with Gasteiger partial charge in [0.15, 0.2) is 24.0 Å². The highest BCUT2D eigenvalue weighted by Gasteiger charge is 2.60. The van der Waals surface area contributed by atoms with Gasteiger partial charge in [0.1, 0.15) is 58.8 Å². The second-order valence-corrected chi connectivity index (χ2v) is 41.2. The Labute approximate surface area is 817 Å². The van der Waals surface area contributed by atoms with E-state index in [1.807, 2.05) is 32.9 Å². The van der Waals surface area contributed by atoms with Gasteiger partial charge in [-0.05, 0) is 270 Å². The number of amides is 11. The molecule has 6 aromatic rings. The van der Waals surface area contributed by atoms with E-state index in [0.717, 1.165) is 171 Å². The van der Waals surface area contributed by atoms with Gasteiger partial charge in [0.25, 0.3) is 0 Å². The van der Waals surface area contributed by atoms with Gasteiger partial charge in [0.05, 0.1) is 54.8 Å². The largest absolute Gasteiger partial charge is 0.481 e. The third kappa shape index (κ3) is 30.5. The van der Waals surface area contributed by atoms with E-state index >= 15 is 0 Å². The number of aryl methyl sites for hydroxylation is 1. The van der Waals surface area contributed by atoms with Crippen molar-refractivity contribution in [2.45, 2.75) is 251 Å². The fourth-order valence-corrected chi connectivity index (χ4v) is 20.0. The fraction of sp³-hybridized carbons (Fsp3) is 0.584. The lowest BCUT2D eigenvalue weighted by Gasteiger charge is -2.29. The first-order valence-electron chi connectivity index (χ1n) is 49.3. The van der Waals surface area contributed by atoms with Crippen LogP contribution in [0, 0.1) is 98.1 Å². The van der Waals surface area contributed by atoms with E-state index in [1.165, 1.54) is 115 Å². The summed E-state index contributed by atoms with van der Waals surface area (Å²) in [7, 11) is 3.31. The van der Waals surface area contributed by atoms with Gasteiger partial charge in [-0.1, -0.05) is 65.4 Å². The van der Waals surface area contributed by atoms with Gasteiger partial charge < -0.3 is 67.0 Å². The first kappa shape index (κ1) is 107. The number of carboxylic acids is 1. The van der Waals surface area contributed by atoms with E-state index in [0.29, 0.717) is 126 Å². The molecule has 40 heteroatoms. The Morgan fingerprint density at radius 1 is 0.447 bits per heavy atom. The number of carbonyl (C=O) groups is 12. The first-order chi connectivity index (χ1) is 67.3. The zero-order valence-corrected chi connectivity index (χ0v) is 81.2. The van der Waals surface area contributed by atoms with E-state index in [1.54, 1.807) is 30.1 Å². The van der Waals surface area contributed by atoms with Crippen molar-refractivity contribution in [3.05, 3.63) is 145 Å². The maximum atomic E-state index is 13.4. The molecule has 0 aromatic carbocycles. The van der Waals surface area contributed by atoms with Crippen molar-refractivity contribution < 1.29 is 110 Å². The minimum atomic E-state index is -0.738. The predicted molar refractivity (Wildman–Crippen MR) is 507 cm³/mol. The third-order valence-electron chi connectivity index (χ3n) is 29.7. The molecular formula is C101H136F5N19O16+2. The molecule has 6 aromatic heterocycles. The van der Waals surface area contributed by atoms with Crippen LogP contribution in [0.3, 0.4) is 0 Å². The van der Waals surface area contributed by atoms with Crippen molar-refractivity contribution in [3.63, 3.8) is 0 Å². The Hall–Kier alpha value is -12.5. The molecule has 10 heterocycles. The molecule has 4 aliphatic heterocycles. The van der Waals surface area contributed by atoms with Gasteiger partial charge >= 0.3 is 29.4 Å². The number of aromatic nitrogens is 6. The normalized spacial score (nSPS) is 21.7. The van der Waals surface area contributed by atoms with Crippen LogP contribution in [-0.4, -0.2) is 227 Å². The quantitative estimate of drug-likeness (QED) is 0.00466. The Morgan fingerprint density at radius 2 is 0.809 bits per heavy atom. The summed E-state index contributed by atoms with van der Waals surface area (Å²) in [4.78, 5) is 170. The molecule has 0 bridgehead atoms. The maximum Gasteiger partial charge on any atom is 0.330 e. The highest BCUT2D eigenvalue weighted by atomic mass is 19.1. The number of rotatable bonds is 32. The summed E-state index contributed by atoms with van der Waals surface area (Å²) in [6.45, 7) is 11.1. The highest BCUT2D eigenvalue weighted by Crippen LogP contribution is 2.62. The number of pyridine rings is 6. The van der Waals surface area contributed by atoms with E-state index in [-0.39, 0.29) is 123 Å². The smallest absolute Gasteiger partial charge is 0.330 e. The Kier molecular flexibility index (Phi) is 36.4. The zero-order chi connectivity index (χ0) is 102. The average molecular weight is 1970 g/mol. The van der Waals surface area contributed by atoms with Gasteiger partial charge in [-0.15, -0.1) is 0 Å². The number of likely N-dealkylation sites (tertiary alicyclic amines) is 3. The van der Waals surface area contributed by atoms with Crippen molar-refractivity contribution in [2.24, 2.45) is 62.1 Å². The standard InChI is InChI=1S/C21H29FN4O4.C21H29FN4O3.C20H27FN4O5.C13H15FN2O.C13H17N3O.C8H12O2.C5H5FN2/c1-3-4-5-15(11-24(2)14-27)20(29)25-13-21(8-9-21)10-17(25)19(28)23-18-7-6-16(22)12-26(18)30;1-3-4-5-15(12-25(2)14-27)20(29)26-13-21(8-9-21)10-17(26)19(28)24-18-7-6-16(22)11-23-18;1-2-3-4-14(10-23(29)13-26)19(28)24-12-20(7-8-20)9-16(24)18(27)22-17-6-5-15(21)11-25(17)30;14-10-1-2-11(15-8-10)16-12(17)9-3-4-13(7-9)5-6-13;1-9-2-3-11(14-7-9)16-12(17)10-6-13(4-5-13)8-15-10;9-7(10)6-1-2-8(5-6)3-4-8;6-4-1-2-5(7)8-3-4/h6-7,12,14-15,17,30H,3-5,8-11,13H2,1-2H3;6-7,11,14-15,17H,3-5,8-10,12-13H2,1-2H3,(H,23,24,28);5-6,11,13-14,16,29-30H,2-4,7-10,12H2,1H3;1-2,8-9H,3-7H2,(H,15,16,17);2-3,7,10,15H,4-6,8H2,1H3,(H,14,16,17);6H,1-5H2,(H,9,10);1-3H,(H2,7,8)/p+2/t2*15-,17+;14-,16+;9-;10-;6-;/m111000./s1. The van der Waals surface area contributed by atoms with Crippen molar-refractivity contribution >= 4 is 107 Å². The number of nitrogen functional groups attached to an aromatic ring is 1. The van der Waals surface area contributed by atoms with Crippen LogP contribution < -0.4 is 47.1 Å². The summed E-state index contributed by atoms with van der Waals surface area (Å²) in [6.07, 6.45) is 37.9. The number of anilines is 6. The molecule has 764 valence electrons. The van der Waals surface area contributed by atoms with Crippen LogP contribution in [0.2, 0.25) is 0 Å². The number of nitrogens with zero attached hydrogens (tertiary/aromatic N) is 12. The average Bonchev–Trinajstić information content (AvgIpc) is 1.60. The first-order valence-corrected chi connectivity index (χ1v) is 49.3. The number of carboxylic acid groups (broad SMARTS) is 1. The van der Waals surface area contributed by atoms with E-state index in [4.69, 9.17) is 10.8 Å². The van der Waals surface area contributed by atoms with Crippen molar-refractivity contribution in [3.8, 4) is 0 Å². The number of hydrogen-bond acceptors (Lipinski definition) is 21. The van der Waals surface area contributed by atoms with Crippen LogP contribution in [0.4, 0.5) is 56.9 Å². The van der Waals surface area contributed by atoms with E-state index < -0.39 is 59.3 Å². The number of hydroxylamine groups is 2. The van der Waals surface area contributed by atoms with Crippen LogP contribution in [0.1, 0.15) is 225 Å². The molecule has 12 aliphatic rings. The second-order valence-electron chi connectivity index (χ2n) is 41.2. The molecule has 11 amide bonds. The summed E-state index contributed by atoms with van der Waals surface area (Å²) in [5, 5.41) is 55.2. The van der Waals surface area contributed by atoms with Gasteiger partial charge in [-0.2, -0.15) is 0 Å². The summed E-state index contributed by atoms with van der Waals surface area (Å²) in [6, 6.07) is 14.7. The van der Waals surface area contributed by atoms with Gasteiger partial charge in [0.2, 0.25) is 54.7 Å². The molecular weight excluding hydrogens is 1830 g/mol. The summed E-state index contributed by atoms with van der Waals surface area (Å²) in [5.74, 6) is -4.11. The molecule has 8 saturated carbocycles. The number of hydrogen-bond donors (Lipinski definition) is 11. The number of carbonyl (C=O) groups excluding carboxylic acids is 11. The maximum absolute atomic E-state index is 13.4. The molecule has 35 nitrogen and oxygen atoms in total. The van der Waals surface area contributed by atoms with Gasteiger partial charge in [-0.3, -0.25) is 53.2 Å². The predicted octanol–water partition coefficient (Wildman–Crippen LogP) is 12.0. The Balaban J connectivity index is 0.000000152. The monoisotopic (exact) mass is 1970 g/mol. The summed E-state index contributed by atoms with van der Waals surface area (Å²) >= 11 is 0. The van der Waals surface area contributed by atoms with Crippen LogP contribution in [-0.2, 0) is 57.5 Å². The van der Waals surface area contributed by atoms with Crippen LogP contribution in [0.15, 0.2) is 110 Å². The highest BCUT2D eigenvalue weighted by molar-refractivity contribution is 6.00. The number of nitrogens with two attached hydrogens (primary N) is 1. The molecule has 9 atom stereocenters. The molecule has 18 rings (SSSR count). The lowest BCUT2D eigenvalue weighted by molar-refractivity contribution is -0.894. The Morgan fingerprint density at radius 3 is 1.13 bits per heavy atom. The summed E-state index contributed by atoms with van der Waals surface area (Å²) in [5.41, 5.74) is 7.66. The fourth-order valence-electron chi connectivity index (χ4n) is 20.0. The lowest BCUT2D eigenvalue weighted by Crippen LogP contribution is -2.48. The lowest BCUT2D eigenvalue weighted by atomic mass is 9.99. The van der Waals surface area contributed by atoms with Crippen LogP contribution in [0.25, 0.3) is 0 Å². The van der Waals surface area contributed by atoms with Crippen molar-refractivity contribution in [2.75, 3.05) is 92.2 Å². The molecule has 4 saturated heterocycles. The van der Waals surface area contributed by atoms with Crippen molar-refractivity contribution in [1.82, 2.24) is 54.8 Å². The topological polar surface area (TPSA) is 463 Å². The second kappa shape index (κ2) is 47.9. The number of aliphatic carboxylic acids is 1. The van der Waals surface area contributed by atoms with Crippen molar-refractivity contribution in [1.29, 1.82) is 0 Å². The molecule has 6 spiro atoms. The third-order valence-corrected chi connectivity index (χ3v) is 29.7. The summed E-state index contributed by atoms with van der Waals surface area (Å²) < 4.78 is 65.1. The van der Waals surface area contributed by atoms with E-state index in [2.05, 4.69) is 58.8 Å². The SMILES string of the molecule is CCCC[C@H](CN(C)C=O)C(=O)N1CC2(CC2)C[C@H]1C(=O)Nc1ccc(F)c[n+]1O.CCCC[C@H](CN(C)C=O)C(=O)N1CC2(CC2)C[C@H]1C(=O)Nc1ccc(F)cn1.CCCC[C@H](CN(O)C=O)C(=O)N1CC2(CC2)C[C@H]1C(=O)Nc1ccc(F)c[n+]1O.Cc1ccc(NC(=O)[C@@H]2CC3(CC3)CN2)nc1.Nc1ccc(F)cn1.O=C(Nc1ccc(F)cn1)[C@H]1CCC2(CC2)C1.O=C(O)[C@H]1CCC2(CC2)C1. The molecule has 0 unspecified atom stereocenters. The van der Waals surface area contributed by atoms with E-state index in [9.17, 15) is 95.1 Å². The molecule has 12 N–H and O–H groups in total.